The van der Waals surface area contributed by atoms with E-state index in [4.69, 9.17) is 5.11 Å². The molecule has 0 unspecified atom stereocenters. The largest absolute Gasteiger partial charge is 0.465 e. The van der Waals surface area contributed by atoms with Gasteiger partial charge < -0.3 is 15.3 Å². The number of fused-ring (bicyclic) bond motifs is 1. The number of hydrogen-bond acceptors (Lipinski definition) is 6. The zero-order chi connectivity index (χ0) is 21.3. The van der Waals surface area contributed by atoms with Gasteiger partial charge in [-0.05, 0) is 24.5 Å². The quantitative estimate of drug-likeness (QED) is 0.666. The molecule has 1 saturated heterocycles. The molecule has 3 heterocycles. The van der Waals surface area contributed by atoms with E-state index in [1.807, 2.05) is 17.0 Å². The molecule has 10 nitrogen and oxygen atoms in total. The summed E-state index contributed by atoms with van der Waals surface area (Å²) in [4.78, 5) is 34.8. The molecule has 0 radical (unpaired) electrons. The molecule has 0 bridgehead atoms. The number of carbonyl (C=O) groups is 1. The number of piperidine rings is 1. The molecule has 0 aliphatic carbocycles. The Morgan fingerprint density at radius 2 is 2.17 bits per heavy atom. The number of imidazole rings is 1. The van der Waals surface area contributed by atoms with Crippen molar-refractivity contribution >= 4 is 23.1 Å². The second-order valence-corrected chi connectivity index (χ2v) is 7.30. The maximum atomic E-state index is 13.0. The summed E-state index contributed by atoms with van der Waals surface area (Å²) in [6.45, 7) is 1.36. The SMILES string of the molecule is Cn1c(=O)n(Cc2ccccc2C#N)c2c(N3CCC[C@@H](NC(=O)O)C3)ncnc21. The Balaban J connectivity index is 1.81. The monoisotopic (exact) mass is 407 g/mol. The molecule has 0 spiro atoms. The molecular formula is C20H21N7O3. The molecule has 0 saturated carbocycles. The number of aromatic nitrogens is 4. The highest BCUT2D eigenvalue weighted by molar-refractivity contribution is 5.84. The van der Waals surface area contributed by atoms with E-state index in [1.54, 1.807) is 23.7 Å². The van der Waals surface area contributed by atoms with Gasteiger partial charge >= 0.3 is 11.8 Å². The van der Waals surface area contributed by atoms with Crippen LogP contribution in [0.2, 0.25) is 0 Å². The number of anilines is 1. The molecule has 10 heteroatoms. The minimum absolute atomic E-state index is 0.213. The maximum absolute atomic E-state index is 13.0. The normalized spacial score (nSPS) is 16.4. The Bertz CT molecular complexity index is 1210. The molecule has 3 aromatic rings. The van der Waals surface area contributed by atoms with Crippen LogP contribution < -0.4 is 15.9 Å². The molecule has 1 atom stereocenters. The van der Waals surface area contributed by atoms with Gasteiger partial charge in [-0.3, -0.25) is 9.13 Å². The van der Waals surface area contributed by atoms with Crippen molar-refractivity contribution in [3.63, 3.8) is 0 Å². The molecule has 2 N–H and O–H groups in total. The summed E-state index contributed by atoms with van der Waals surface area (Å²) in [5.74, 6) is 0.587. The van der Waals surface area contributed by atoms with Gasteiger partial charge in [-0.1, -0.05) is 18.2 Å². The van der Waals surface area contributed by atoms with E-state index in [1.165, 1.54) is 10.9 Å². The molecule has 154 valence electrons. The zero-order valence-corrected chi connectivity index (χ0v) is 16.4. The minimum Gasteiger partial charge on any atom is -0.465 e. The van der Waals surface area contributed by atoms with E-state index in [2.05, 4.69) is 21.4 Å². The average Bonchev–Trinajstić information content (AvgIpc) is 2.99. The van der Waals surface area contributed by atoms with Crippen LogP contribution >= 0.6 is 0 Å². The van der Waals surface area contributed by atoms with E-state index in [-0.39, 0.29) is 18.3 Å². The Labute approximate surface area is 172 Å². The van der Waals surface area contributed by atoms with Crippen LogP contribution in [0, 0.1) is 11.3 Å². The van der Waals surface area contributed by atoms with Crippen LogP contribution in [0.5, 0.6) is 0 Å². The van der Waals surface area contributed by atoms with Crippen molar-refractivity contribution < 1.29 is 9.90 Å². The molecule has 1 fully saturated rings. The fourth-order valence-electron chi connectivity index (χ4n) is 3.99. The summed E-state index contributed by atoms with van der Waals surface area (Å²) in [6, 6.07) is 9.10. The molecule has 1 aliphatic rings. The number of benzene rings is 1. The first-order chi connectivity index (χ1) is 14.5. The number of nitriles is 1. The van der Waals surface area contributed by atoms with Crippen LogP contribution in [-0.4, -0.2) is 49.4 Å². The van der Waals surface area contributed by atoms with Crippen molar-refractivity contribution in [2.24, 2.45) is 7.05 Å². The molecule has 2 aromatic heterocycles. The predicted molar refractivity (Wildman–Crippen MR) is 109 cm³/mol. The first-order valence-electron chi connectivity index (χ1n) is 9.62. The van der Waals surface area contributed by atoms with Crippen LogP contribution in [-0.2, 0) is 13.6 Å². The number of amides is 1. The lowest BCUT2D eigenvalue weighted by Crippen LogP contribution is -2.47. The van der Waals surface area contributed by atoms with Crippen LogP contribution in [0.3, 0.4) is 0 Å². The van der Waals surface area contributed by atoms with Gasteiger partial charge in [0.1, 0.15) is 11.8 Å². The van der Waals surface area contributed by atoms with E-state index >= 15 is 0 Å². The number of carboxylic acid groups (broad SMARTS) is 1. The van der Waals surface area contributed by atoms with Gasteiger partial charge in [0.05, 0.1) is 18.2 Å². The summed E-state index contributed by atoms with van der Waals surface area (Å²) >= 11 is 0. The maximum Gasteiger partial charge on any atom is 0.404 e. The highest BCUT2D eigenvalue weighted by Crippen LogP contribution is 2.26. The number of hydrogen-bond donors (Lipinski definition) is 2. The van der Waals surface area contributed by atoms with Crippen LogP contribution in [0.25, 0.3) is 11.2 Å². The van der Waals surface area contributed by atoms with Crippen molar-refractivity contribution in [1.29, 1.82) is 5.26 Å². The summed E-state index contributed by atoms with van der Waals surface area (Å²) in [6.07, 6.45) is 1.90. The van der Waals surface area contributed by atoms with Gasteiger partial charge in [-0.25, -0.2) is 19.6 Å². The van der Waals surface area contributed by atoms with E-state index in [0.29, 0.717) is 35.6 Å². The van der Waals surface area contributed by atoms with Gasteiger partial charge in [0.25, 0.3) is 0 Å². The first-order valence-corrected chi connectivity index (χ1v) is 9.62. The second kappa shape index (κ2) is 7.87. The smallest absolute Gasteiger partial charge is 0.404 e. The third kappa shape index (κ3) is 3.45. The summed E-state index contributed by atoms with van der Waals surface area (Å²) < 4.78 is 3.04. The predicted octanol–water partition coefficient (Wildman–Crippen LogP) is 1.29. The topological polar surface area (TPSA) is 129 Å². The minimum atomic E-state index is -1.06. The van der Waals surface area contributed by atoms with Crippen LogP contribution in [0.4, 0.5) is 10.6 Å². The third-order valence-electron chi connectivity index (χ3n) is 5.40. The summed E-state index contributed by atoms with van der Waals surface area (Å²) in [5.41, 5.74) is 2.05. The highest BCUT2D eigenvalue weighted by Gasteiger charge is 2.26. The lowest BCUT2D eigenvalue weighted by molar-refractivity contribution is 0.188. The zero-order valence-electron chi connectivity index (χ0n) is 16.4. The fraction of sp³-hybridized carbons (Fsp3) is 0.350. The summed E-state index contributed by atoms with van der Waals surface area (Å²) in [7, 11) is 1.65. The van der Waals surface area contributed by atoms with Crippen LogP contribution in [0.15, 0.2) is 35.4 Å². The van der Waals surface area contributed by atoms with Gasteiger partial charge in [-0.2, -0.15) is 5.26 Å². The molecule has 1 aromatic carbocycles. The third-order valence-corrected chi connectivity index (χ3v) is 5.40. The summed E-state index contributed by atoms with van der Waals surface area (Å²) in [5, 5.41) is 21.0. The average molecular weight is 407 g/mol. The van der Waals surface area contributed by atoms with Crippen molar-refractivity contribution in [1.82, 2.24) is 24.4 Å². The Hall–Kier alpha value is -3.87. The number of rotatable bonds is 4. The van der Waals surface area contributed by atoms with Crippen molar-refractivity contribution in [2.75, 3.05) is 18.0 Å². The molecule has 1 aliphatic heterocycles. The Kier molecular flexibility index (Phi) is 5.10. The van der Waals surface area contributed by atoms with Crippen LogP contribution in [0.1, 0.15) is 24.0 Å². The van der Waals surface area contributed by atoms with Gasteiger partial charge in [-0.15, -0.1) is 0 Å². The number of nitrogens with one attached hydrogen (secondary N) is 1. The Morgan fingerprint density at radius 3 is 2.93 bits per heavy atom. The molecule has 30 heavy (non-hydrogen) atoms. The van der Waals surface area contributed by atoms with E-state index < -0.39 is 6.09 Å². The lowest BCUT2D eigenvalue weighted by atomic mass is 10.1. The number of nitrogens with zero attached hydrogens (tertiary/aromatic N) is 6. The van der Waals surface area contributed by atoms with Crippen molar-refractivity contribution in [3.8, 4) is 6.07 Å². The Morgan fingerprint density at radius 1 is 1.37 bits per heavy atom. The van der Waals surface area contributed by atoms with Crippen molar-refractivity contribution in [3.05, 3.63) is 52.2 Å². The molecule has 4 rings (SSSR count). The fourth-order valence-corrected chi connectivity index (χ4v) is 3.99. The number of aryl methyl sites for hydroxylation is 1. The van der Waals surface area contributed by atoms with Gasteiger partial charge in [0.2, 0.25) is 0 Å². The molecular weight excluding hydrogens is 386 g/mol. The van der Waals surface area contributed by atoms with E-state index in [9.17, 15) is 14.9 Å². The lowest BCUT2D eigenvalue weighted by Gasteiger charge is -2.33. The first kappa shape index (κ1) is 19.4. The van der Waals surface area contributed by atoms with E-state index in [0.717, 1.165) is 18.4 Å². The standard InChI is InChI=1S/C20H21N7O3/c1-25-17-16(27(20(25)30)10-14-6-3-2-5-13(14)9-21)18(23-12-22-17)26-8-4-7-15(11-26)24-19(28)29/h2-3,5-6,12,15,24H,4,7-8,10-11H2,1H3,(H,28,29)/t15-/m1/s1. The second-order valence-electron chi connectivity index (χ2n) is 7.30. The van der Waals surface area contributed by atoms with Gasteiger partial charge in [0.15, 0.2) is 11.5 Å². The molecule has 1 amide bonds. The van der Waals surface area contributed by atoms with Crippen molar-refractivity contribution in [2.45, 2.75) is 25.4 Å². The highest BCUT2D eigenvalue weighted by atomic mass is 16.4. The van der Waals surface area contributed by atoms with Gasteiger partial charge in [0, 0.05) is 26.2 Å².